The van der Waals surface area contributed by atoms with Crippen LogP contribution in [0.5, 0.6) is 0 Å². The Balaban J connectivity index is 1.39. The van der Waals surface area contributed by atoms with Crippen LogP contribution in [0.4, 0.5) is 22.7 Å². The molecule has 0 amide bonds. The normalized spacial score (nSPS) is 10.9. The molecule has 6 aromatic carbocycles. The minimum absolute atomic E-state index is 1.07. The maximum atomic E-state index is 3.67. The summed E-state index contributed by atoms with van der Waals surface area (Å²) in [5.41, 5.74) is 11.6. The van der Waals surface area contributed by atoms with Gasteiger partial charge in [0.1, 0.15) is 0 Å². The average Bonchev–Trinajstić information content (AvgIpc) is 2.96. The zero-order chi connectivity index (χ0) is 25.9. The lowest BCUT2D eigenvalue weighted by Gasteiger charge is -2.17. The van der Waals surface area contributed by atoms with E-state index in [4.69, 9.17) is 0 Å². The molecule has 0 atom stereocenters. The fourth-order valence-electron chi connectivity index (χ4n) is 4.86. The van der Waals surface area contributed by atoms with Gasteiger partial charge in [-0.1, -0.05) is 96.1 Å². The molecule has 0 saturated carbocycles. The van der Waals surface area contributed by atoms with Gasteiger partial charge in [0, 0.05) is 28.3 Å². The van der Waals surface area contributed by atoms with Crippen molar-refractivity contribution in [3.05, 3.63) is 145 Å². The first-order valence-corrected chi connectivity index (χ1v) is 13.0. The molecule has 0 aromatic heterocycles. The summed E-state index contributed by atoms with van der Waals surface area (Å²) >= 11 is 0. The maximum Gasteiger partial charge on any atom is 0.0464 e. The lowest BCUT2D eigenvalue weighted by Crippen LogP contribution is -1.95. The zero-order valence-electron chi connectivity index (χ0n) is 21.7. The van der Waals surface area contributed by atoms with E-state index in [1.54, 1.807) is 0 Å². The van der Waals surface area contributed by atoms with Gasteiger partial charge in [0.25, 0.3) is 0 Å². The van der Waals surface area contributed by atoms with E-state index >= 15 is 0 Å². The Bertz CT molecular complexity index is 1690. The second kappa shape index (κ2) is 10.3. The van der Waals surface area contributed by atoms with E-state index in [1.807, 2.05) is 0 Å². The molecule has 0 saturated heterocycles. The van der Waals surface area contributed by atoms with Gasteiger partial charge in [0.05, 0.1) is 0 Å². The first-order chi connectivity index (χ1) is 18.6. The number of rotatable bonds is 6. The second-order valence-corrected chi connectivity index (χ2v) is 9.85. The van der Waals surface area contributed by atoms with Gasteiger partial charge in [-0.15, -0.1) is 0 Å². The van der Waals surface area contributed by atoms with E-state index in [0.29, 0.717) is 0 Å². The summed E-state index contributed by atoms with van der Waals surface area (Å²) in [5.74, 6) is 0. The van der Waals surface area contributed by atoms with Crippen molar-refractivity contribution in [1.82, 2.24) is 0 Å². The van der Waals surface area contributed by atoms with Gasteiger partial charge >= 0.3 is 0 Å². The Hall–Kier alpha value is -4.82. The number of fused-ring (bicyclic) bond motifs is 1. The minimum Gasteiger partial charge on any atom is -0.356 e. The predicted molar refractivity (Wildman–Crippen MR) is 164 cm³/mol. The third kappa shape index (κ3) is 5.02. The topological polar surface area (TPSA) is 24.1 Å². The molecule has 0 aliphatic rings. The van der Waals surface area contributed by atoms with Crippen LogP contribution in [0.3, 0.4) is 0 Å². The second-order valence-electron chi connectivity index (χ2n) is 9.85. The summed E-state index contributed by atoms with van der Waals surface area (Å²) in [7, 11) is 0. The standard InChI is InChI=1S/C36H30N2/c1-25-10-17-30(18-11-25)37-31-21-14-27(15-22-31)29-16-23-36(38-32-19-12-26(2)13-20-32)35(24-29)34-9-5-7-28-6-3-4-8-33(28)34/h3-24,37-38H,1-2H3. The number of hydrogen-bond acceptors (Lipinski definition) is 2. The van der Waals surface area contributed by atoms with Crippen molar-refractivity contribution in [2.75, 3.05) is 10.6 Å². The Kier molecular flexibility index (Phi) is 6.37. The van der Waals surface area contributed by atoms with Gasteiger partial charge in [-0.2, -0.15) is 0 Å². The number of anilines is 4. The third-order valence-electron chi connectivity index (χ3n) is 6.99. The van der Waals surface area contributed by atoms with Crippen LogP contribution >= 0.6 is 0 Å². The van der Waals surface area contributed by atoms with Gasteiger partial charge in [-0.05, 0) is 89.8 Å². The molecule has 0 bridgehead atoms. The quantitative estimate of drug-likeness (QED) is 0.243. The number of nitrogens with one attached hydrogen (secondary N) is 2. The van der Waals surface area contributed by atoms with Gasteiger partial charge < -0.3 is 10.6 Å². The molecule has 2 nitrogen and oxygen atoms in total. The molecule has 184 valence electrons. The number of aryl methyl sites for hydroxylation is 2. The molecular formula is C36H30N2. The molecule has 0 fully saturated rings. The van der Waals surface area contributed by atoms with Crippen LogP contribution in [-0.2, 0) is 0 Å². The van der Waals surface area contributed by atoms with Crippen LogP contribution in [0.1, 0.15) is 11.1 Å². The van der Waals surface area contributed by atoms with Crippen molar-refractivity contribution >= 4 is 33.5 Å². The average molecular weight is 491 g/mol. The molecule has 2 N–H and O–H groups in total. The van der Waals surface area contributed by atoms with Crippen molar-refractivity contribution in [2.24, 2.45) is 0 Å². The Morgan fingerprint density at radius 2 is 0.974 bits per heavy atom. The number of hydrogen-bond donors (Lipinski definition) is 2. The first kappa shape index (κ1) is 23.6. The third-order valence-corrected chi connectivity index (χ3v) is 6.99. The van der Waals surface area contributed by atoms with Crippen molar-refractivity contribution in [1.29, 1.82) is 0 Å². The van der Waals surface area contributed by atoms with Crippen LogP contribution in [0, 0.1) is 13.8 Å². The largest absolute Gasteiger partial charge is 0.356 e. The van der Waals surface area contributed by atoms with Crippen LogP contribution in [-0.4, -0.2) is 0 Å². The highest BCUT2D eigenvalue weighted by Gasteiger charge is 2.12. The zero-order valence-corrected chi connectivity index (χ0v) is 21.7. The highest BCUT2D eigenvalue weighted by molar-refractivity contribution is 6.01. The molecule has 0 unspecified atom stereocenters. The SMILES string of the molecule is Cc1ccc(Nc2ccc(-c3ccc(Nc4ccc(C)cc4)c(-c4cccc5ccccc45)c3)cc2)cc1. The van der Waals surface area contributed by atoms with Crippen LogP contribution < -0.4 is 10.6 Å². The molecule has 38 heavy (non-hydrogen) atoms. The molecule has 6 aromatic rings. The van der Waals surface area contributed by atoms with Crippen LogP contribution in [0.2, 0.25) is 0 Å². The summed E-state index contributed by atoms with van der Waals surface area (Å²) in [6, 6.07) is 47.5. The summed E-state index contributed by atoms with van der Waals surface area (Å²) in [6.45, 7) is 4.22. The van der Waals surface area contributed by atoms with E-state index < -0.39 is 0 Å². The number of benzene rings is 6. The highest BCUT2D eigenvalue weighted by atomic mass is 14.9. The van der Waals surface area contributed by atoms with E-state index in [0.717, 1.165) is 22.7 Å². The summed E-state index contributed by atoms with van der Waals surface area (Å²) in [4.78, 5) is 0. The van der Waals surface area contributed by atoms with Gasteiger partial charge in [-0.3, -0.25) is 0 Å². The monoisotopic (exact) mass is 490 g/mol. The minimum atomic E-state index is 1.07. The lowest BCUT2D eigenvalue weighted by atomic mass is 9.93. The Labute approximate surface area is 224 Å². The smallest absolute Gasteiger partial charge is 0.0464 e. The van der Waals surface area contributed by atoms with Gasteiger partial charge in [-0.25, -0.2) is 0 Å². The predicted octanol–water partition coefficient (Wildman–Crippen LogP) is 10.3. The molecule has 2 heteroatoms. The van der Waals surface area contributed by atoms with Crippen molar-refractivity contribution < 1.29 is 0 Å². The first-order valence-electron chi connectivity index (χ1n) is 13.0. The van der Waals surface area contributed by atoms with E-state index in [2.05, 4.69) is 158 Å². The van der Waals surface area contributed by atoms with E-state index in [-0.39, 0.29) is 0 Å². The fraction of sp³-hybridized carbons (Fsp3) is 0.0556. The van der Waals surface area contributed by atoms with E-state index in [9.17, 15) is 0 Å². The highest BCUT2D eigenvalue weighted by Crippen LogP contribution is 2.38. The summed E-state index contributed by atoms with van der Waals surface area (Å²) < 4.78 is 0. The molecule has 0 heterocycles. The van der Waals surface area contributed by atoms with Crippen LogP contribution in [0.25, 0.3) is 33.0 Å². The molecule has 0 aliphatic heterocycles. The molecule has 0 aliphatic carbocycles. The Morgan fingerprint density at radius 1 is 0.421 bits per heavy atom. The van der Waals surface area contributed by atoms with Crippen molar-refractivity contribution in [3.8, 4) is 22.3 Å². The van der Waals surface area contributed by atoms with Crippen molar-refractivity contribution in [3.63, 3.8) is 0 Å². The van der Waals surface area contributed by atoms with Gasteiger partial charge in [0.15, 0.2) is 0 Å². The molecular weight excluding hydrogens is 460 g/mol. The van der Waals surface area contributed by atoms with E-state index in [1.165, 1.54) is 44.2 Å². The summed E-state index contributed by atoms with van der Waals surface area (Å²) in [5, 5.41) is 9.66. The van der Waals surface area contributed by atoms with Crippen molar-refractivity contribution in [2.45, 2.75) is 13.8 Å². The lowest BCUT2D eigenvalue weighted by molar-refractivity contribution is 1.45. The molecule has 6 rings (SSSR count). The van der Waals surface area contributed by atoms with Gasteiger partial charge in [0.2, 0.25) is 0 Å². The Morgan fingerprint density at radius 3 is 1.66 bits per heavy atom. The fourth-order valence-corrected chi connectivity index (χ4v) is 4.86. The molecule has 0 spiro atoms. The maximum absolute atomic E-state index is 3.67. The van der Waals surface area contributed by atoms with Crippen LogP contribution in [0.15, 0.2) is 133 Å². The molecule has 0 radical (unpaired) electrons. The summed E-state index contributed by atoms with van der Waals surface area (Å²) in [6.07, 6.45) is 0.